The maximum atomic E-state index is 13.3. The first-order chi connectivity index (χ1) is 16.3. The molecule has 0 radical (unpaired) electrons. The van der Waals surface area contributed by atoms with E-state index in [1.165, 1.54) is 30.2 Å². The van der Waals surface area contributed by atoms with Crippen LogP contribution in [-0.4, -0.2) is 19.7 Å². The minimum atomic E-state index is 0.00908. The number of allylic oxidation sites excluding steroid dienone is 2. The van der Waals surface area contributed by atoms with Crippen molar-refractivity contribution in [3.63, 3.8) is 0 Å². The lowest BCUT2D eigenvalue weighted by Gasteiger charge is -2.16. The number of hydrogen-bond acceptors (Lipinski definition) is 6. The molecule has 5 rings (SSSR count). The highest BCUT2D eigenvalue weighted by molar-refractivity contribution is 7.98. The van der Waals surface area contributed by atoms with Gasteiger partial charge in [0, 0.05) is 6.54 Å². The molecule has 0 atom stereocenters. The number of hydrogen-bond donors (Lipinski definition) is 0. The fourth-order valence-electron chi connectivity index (χ4n) is 4.16. The Bertz CT molecular complexity index is 1330. The van der Waals surface area contributed by atoms with Crippen molar-refractivity contribution < 1.29 is 4.42 Å². The first-order valence-electron chi connectivity index (χ1n) is 11.4. The molecule has 0 N–H and O–H groups in total. The fraction of sp³-hybridized carbons (Fsp3) is 0.308. The molecule has 0 amide bonds. The average molecular weight is 459 g/mol. The molecule has 0 fully saturated rings. The molecule has 7 heteroatoms. The summed E-state index contributed by atoms with van der Waals surface area (Å²) in [5, 5.41) is 9.73. The second kappa shape index (κ2) is 10.2. The SMILES string of the molecule is O=c1c2ccccc2nc(SCc2nnc(Cc3ccccc3)o2)n1CCC1=CCCCC1. The molecular formula is C26H26N4O2S. The van der Waals surface area contributed by atoms with Crippen LogP contribution in [0.3, 0.4) is 0 Å². The number of aromatic nitrogens is 4. The van der Waals surface area contributed by atoms with Crippen molar-refractivity contribution in [2.45, 2.75) is 56.0 Å². The van der Waals surface area contributed by atoms with Crippen LogP contribution >= 0.6 is 11.8 Å². The molecule has 1 aliphatic rings. The molecule has 0 spiro atoms. The summed E-state index contributed by atoms with van der Waals surface area (Å²) >= 11 is 1.47. The van der Waals surface area contributed by atoms with Crippen molar-refractivity contribution in [2.24, 2.45) is 0 Å². The molecule has 0 saturated carbocycles. The van der Waals surface area contributed by atoms with Crippen LogP contribution in [0.25, 0.3) is 10.9 Å². The summed E-state index contributed by atoms with van der Waals surface area (Å²) in [4.78, 5) is 18.1. The molecule has 168 valence electrons. The van der Waals surface area contributed by atoms with Gasteiger partial charge in [-0.3, -0.25) is 9.36 Å². The van der Waals surface area contributed by atoms with E-state index in [1.807, 2.05) is 59.2 Å². The summed E-state index contributed by atoms with van der Waals surface area (Å²) in [5.74, 6) is 1.59. The predicted molar refractivity (Wildman–Crippen MR) is 130 cm³/mol. The topological polar surface area (TPSA) is 73.8 Å². The summed E-state index contributed by atoms with van der Waals surface area (Å²) in [7, 11) is 0. The Hall–Kier alpha value is -3.19. The number of thioether (sulfide) groups is 1. The van der Waals surface area contributed by atoms with Crippen LogP contribution in [0.1, 0.15) is 49.4 Å². The molecule has 33 heavy (non-hydrogen) atoms. The van der Waals surface area contributed by atoms with Crippen LogP contribution in [-0.2, 0) is 18.7 Å². The van der Waals surface area contributed by atoms with Crippen LogP contribution in [0.5, 0.6) is 0 Å². The van der Waals surface area contributed by atoms with E-state index in [2.05, 4.69) is 16.3 Å². The van der Waals surface area contributed by atoms with E-state index in [4.69, 9.17) is 9.40 Å². The summed E-state index contributed by atoms with van der Waals surface area (Å²) < 4.78 is 7.66. The van der Waals surface area contributed by atoms with Gasteiger partial charge in [-0.1, -0.05) is 65.9 Å². The van der Waals surface area contributed by atoms with Crippen molar-refractivity contribution >= 4 is 22.7 Å². The number of para-hydroxylation sites is 1. The van der Waals surface area contributed by atoms with E-state index in [0.29, 0.717) is 46.6 Å². The molecule has 2 aromatic carbocycles. The highest BCUT2D eigenvalue weighted by atomic mass is 32.2. The van der Waals surface area contributed by atoms with Gasteiger partial charge < -0.3 is 4.42 Å². The zero-order valence-electron chi connectivity index (χ0n) is 18.4. The van der Waals surface area contributed by atoms with E-state index in [1.54, 1.807) is 0 Å². The van der Waals surface area contributed by atoms with E-state index in [9.17, 15) is 4.79 Å². The van der Waals surface area contributed by atoms with Gasteiger partial charge >= 0.3 is 0 Å². The first-order valence-corrected chi connectivity index (χ1v) is 12.4. The van der Waals surface area contributed by atoms with Crippen LogP contribution in [0.4, 0.5) is 0 Å². The monoisotopic (exact) mass is 458 g/mol. The van der Waals surface area contributed by atoms with E-state index in [-0.39, 0.29) is 5.56 Å². The lowest BCUT2D eigenvalue weighted by atomic mass is 9.97. The third-order valence-corrected chi connectivity index (χ3v) is 6.86. The van der Waals surface area contributed by atoms with Gasteiger partial charge in [0.05, 0.1) is 23.1 Å². The molecule has 6 nitrogen and oxygen atoms in total. The highest BCUT2D eigenvalue weighted by Gasteiger charge is 2.15. The molecule has 1 aliphatic carbocycles. The van der Waals surface area contributed by atoms with Gasteiger partial charge in [-0.2, -0.15) is 0 Å². The Labute approximate surface area is 196 Å². The fourth-order valence-corrected chi connectivity index (χ4v) is 5.02. The Morgan fingerprint density at radius 3 is 2.64 bits per heavy atom. The van der Waals surface area contributed by atoms with E-state index >= 15 is 0 Å². The van der Waals surface area contributed by atoms with Crippen LogP contribution in [0.15, 0.2) is 80.6 Å². The summed E-state index contributed by atoms with van der Waals surface area (Å²) in [5.41, 5.74) is 3.30. The molecular weight excluding hydrogens is 432 g/mol. The normalized spacial score (nSPS) is 13.9. The molecule has 0 unspecified atom stereocenters. The average Bonchev–Trinajstić information content (AvgIpc) is 3.31. The lowest BCUT2D eigenvalue weighted by Crippen LogP contribution is -2.24. The first kappa shape index (κ1) is 21.6. The minimum absolute atomic E-state index is 0.00908. The molecule has 2 heterocycles. The number of nitrogens with zero attached hydrogens (tertiary/aromatic N) is 4. The van der Waals surface area contributed by atoms with Gasteiger partial charge in [-0.15, -0.1) is 10.2 Å². The van der Waals surface area contributed by atoms with Crippen molar-refractivity contribution in [3.8, 4) is 0 Å². The lowest BCUT2D eigenvalue weighted by molar-refractivity contribution is 0.473. The number of fused-ring (bicyclic) bond motifs is 1. The quantitative estimate of drug-likeness (QED) is 0.196. The third kappa shape index (κ3) is 5.25. The Kier molecular flexibility index (Phi) is 6.67. The second-order valence-electron chi connectivity index (χ2n) is 8.27. The summed E-state index contributed by atoms with van der Waals surface area (Å²) in [6.45, 7) is 0.633. The third-order valence-electron chi connectivity index (χ3n) is 5.90. The van der Waals surface area contributed by atoms with Gasteiger partial charge in [0.25, 0.3) is 5.56 Å². The van der Waals surface area contributed by atoms with Crippen molar-refractivity contribution in [3.05, 3.63) is 93.9 Å². The number of benzene rings is 2. The molecule has 0 saturated heterocycles. The van der Waals surface area contributed by atoms with Gasteiger partial charge in [0.15, 0.2) is 5.16 Å². The second-order valence-corrected chi connectivity index (χ2v) is 9.21. The Morgan fingerprint density at radius 1 is 0.970 bits per heavy atom. The van der Waals surface area contributed by atoms with Gasteiger partial charge in [0.1, 0.15) is 0 Å². The van der Waals surface area contributed by atoms with Crippen LogP contribution in [0.2, 0.25) is 0 Å². The zero-order valence-corrected chi connectivity index (χ0v) is 19.3. The van der Waals surface area contributed by atoms with Crippen molar-refractivity contribution in [1.82, 2.24) is 19.7 Å². The van der Waals surface area contributed by atoms with Gasteiger partial charge in [-0.25, -0.2) is 4.98 Å². The maximum absolute atomic E-state index is 13.3. The van der Waals surface area contributed by atoms with E-state index < -0.39 is 0 Å². The smallest absolute Gasteiger partial charge is 0.262 e. The summed E-state index contributed by atoms with van der Waals surface area (Å²) in [6, 6.07) is 17.6. The van der Waals surface area contributed by atoms with Crippen LogP contribution < -0.4 is 5.56 Å². The van der Waals surface area contributed by atoms with Crippen molar-refractivity contribution in [1.29, 1.82) is 0 Å². The largest absolute Gasteiger partial charge is 0.424 e. The molecule has 0 aliphatic heterocycles. The van der Waals surface area contributed by atoms with Crippen LogP contribution in [0, 0.1) is 0 Å². The Morgan fingerprint density at radius 2 is 1.79 bits per heavy atom. The zero-order chi connectivity index (χ0) is 22.5. The standard InChI is InChI=1S/C26H26N4O2S/c31-25-21-13-7-8-14-22(21)27-26(30(25)16-15-19-9-3-1-4-10-19)33-18-24-29-28-23(32-24)17-20-11-5-2-6-12-20/h2,5-9,11-14H,1,3-4,10,15-18H2. The van der Waals surface area contributed by atoms with Gasteiger partial charge in [0.2, 0.25) is 11.8 Å². The number of rotatable bonds is 8. The Balaban J connectivity index is 1.35. The molecule has 2 aromatic heterocycles. The summed E-state index contributed by atoms with van der Waals surface area (Å²) in [6.07, 6.45) is 8.60. The minimum Gasteiger partial charge on any atom is -0.424 e. The van der Waals surface area contributed by atoms with Crippen molar-refractivity contribution in [2.75, 3.05) is 0 Å². The molecule has 0 bridgehead atoms. The van der Waals surface area contributed by atoms with E-state index in [0.717, 1.165) is 24.8 Å². The maximum Gasteiger partial charge on any atom is 0.262 e. The van der Waals surface area contributed by atoms with Gasteiger partial charge in [-0.05, 0) is 49.8 Å². The molecule has 4 aromatic rings. The predicted octanol–water partition coefficient (Wildman–Crippen LogP) is 5.55. The highest BCUT2D eigenvalue weighted by Crippen LogP contribution is 2.25.